The Bertz CT molecular complexity index is 267. The SMILES string of the molecule is C[C@@H]1C[C@H]1c1cccc(Br)c1. The third-order valence-electron chi connectivity index (χ3n) is 2.39. The maximum Gasteiger partial charge on any atom is 0.0178 e. The first-order valence-electron chi connectivity index (χ1n) is 4.03. The second-order valence-corrected chi connectivity index (χ2v) is 4.29. The van der Waals surface area contributed by atoms with Crippen molar-refractivity contribution in [2.75, 3.05) is 0 Å². The Morgan fingerprint density at radius 2 is 2.18 bits per heavy atom. The van der Waals surface area contributed by atoms with Crippen LogP contribution in [0.15, 0.2) is 28.7 Å². The number of benzene rings is 1. The van der Waals surface area contributed by atoms with Gasteiger partial charge in [0.1, 0.15) is 0 Å². The minimum atomic E-state index is 0.840. The van der Waals surface area contributed by atoms with Gasteiger partial charge in [-0.1, -0.05) is 35.0 Å². The fourth-order valence-corrected chi connectivity index (χ4v) is 1.94. The summed E-state index contributed by atoms with van der Waals surface area (Å²) in [6.07, 6.45) is 1.37. The second kappa shape index (κ2) is 2.63. The summed E-state index contributed by atoms with van der Waals surface area (Å²) in [6.45, 7) is 2.31. The number of halogens is 1. The zero-order valence-corrected chi connectivity index (χ0v) is 8.14. The number of hydrogen-bond acceptors (Lipinski definition) is 0. The molecule has 0 aliphatic heterocycles. The fourth-order valence-electron chi connectivity index (χ4n) is 1.52. The Hall–Kier alpha value is -0.300. The monoisotopic (exact) mass is 210 g/mol. The molecule has 1 aliphatic rings. The lowest BCUT2D eigenvalue weighted by atomic mass is 10.1. The molecular weight excluding hydrogens is 200 g/mol. The summed E-state index contributed by atoms with van der Waals surface area (Å²) < 4.78 is 1.20. The van der Waals surface area contributed by atoms with E-state index in [-0.39, 0.29) is 0 Å². The molecule has 2 rings (SSSR count). The third kappa shape index (κ3) is 1.48. The highest BCUT2D eigenvalue weighted by molar-refractivity contribution is 9.10. The lowest BCUT2D eigenvalue weighted by molar-refractivity contribution is 0.914. The van der Waals surface area contributed by atoms with E-state index in [0.29, 0.717) is 0 Å². The van der Waals surface area contributed by atoms with Crippen LogP contribution in [0.4, 0.5) is 0 Å². The summed E-state index contributed by atoms with van der Waals surface area (Å²) in [5.74, 6) is 1.75. The van der Waals surface area contributed by atoms with Gasteiger partial charge in [-0.15, -0.1) is 0 Å². The molecule has 1 heteroatoms. The lowest BCUT2D eigenvalue weighted by Gasteiger charge is -1.97. The van der Waals surface area contributed by atoms with Gasteiger partial charge in [0, 0.05) is 4.47 Å². The molecule has 0 aromatic heterocycles. The van der Waals surface area contributed by atoms with E-state index in [9.17, 15) is 0 Å². The minimum Gasteiger partial charge on any atom is -0.0619 e. The van der Waals surface area contributed by atoms with Crippen molar-refractivity contribution in [3.05, 3.63) is 34.3 Å². The van der Waals surface area contributed by atoms with Gasteiger partial charge in [-0.05, 0) is 36.0 Å². The van der Waals surface area contributed by atoms with Gasteiger partial charge >= 0.3 is 0 Å². The van der Waals surface area contributed by atoms with Crippen LogP contribution in [0.3, 0.4) is 0 Å². The predicted molar refractivity (Wildman–Crippen MR) is 50.7 cm³/mol. The quantitative estimate of drug-likeness (QED) is 0.666. The van der Waals surface area contributed by atoms with Crippen LogP contribution in [-0.4, -0.2) is 0 Å². The molecule has 0 amide bonds. The van der Waals surface area contributed by atoms with Crippen molar-refractivity contribution in [2.45, 2.75) is 19.3 Å². The average Bonchev–Trinajstić information content (AvgIpc) is 2.67. The Morgan fingerprint density at radius 1 is 1.45 bits per heavy atom. The highest BCUT2D eigenvalue weighted by Gasteiger charge is 2.33. The maximum absolute atomic E-state index is 3.48. The van der Waals surface area contributed by atoms with E-state index in [1.54, 1.807) is 0 Å². The first-order valence-corrected chi connectivity index (χ1v) is 4.82. The molecule has 1 saturated carbocycles. The Labute approximate surface area is 75.8 Å². The second-order valence-electron chi connectivity index (χ2n) is 3.37. The molecule has 0 spiro atoms. The molecule has 2 atom stereocenters. The first-order chi connectivity index (χ1) is 5.27. The van der Waals surface area contributed by atoms with Gasteiger partial charge in [0.2, 0.25) is 0 Å². The van der Waals surface area contributed by atoms with Crippen molar-refractivity contribution < 1.29 is 0 Å². The van der Waals surface area contributed by atoms with E-state index < -0.39 is 0 Å². The molecule has 0 radical (unpaired) electrons. The van der Waals surface area contributed by atoms with E-state index in [1.165, 1.54) is 16.5 Å². The number of hydrogen-bond donors (Lipinski definition) is 0. The molecule has 0 nitrogen and oxygen atoms in total. The van der Waals surface area contributed by atoms with Crippen LogP contribution in [0.5, 0.6) is 0 Å². The molecule has 0 bridgehead atoms. The van der Waals surface area contributed by atoms with Crippen LogP contribution in [0, 0.1) is 5.92 Å². The van der Waals surface area contributed by atoms with Gasteiger partial charge in [0.25, 0.3) is 0 Å². The topological polar surface area (TPSA) is 0 Å². The predicted octanol–water partition coefficient (Wildman–Crippen LogP) is 3.57. The highest BCUT2D eigenvalue weighted by atomic mass is 79.9. The van der Waals surface area contributed by atoms with E-state index >= 15 is 0 Å². The zero-order valence-electron chi connectivity index (χ0n) is 6.55. The normalized spacial score (nSPS) is 28.5. The zero-order chi connectivity index (χ0) is 7.84. The van der Waals surface area contributed by atoms with Gasteiger partial charge in [-0.2, -0.15) is 0 Å². The van der Waals surface area contributed by atoms with E-state index in [2.05, 4.69) is 47.1 Å². The smallest absolute Gasteiger partial charge is 0.0178 e. The van der Waals surface area contributed by atoms with Crippen molar-refractivity contribution >= 4 is 15.9 Å². The van der Waals surface area contributed by atoms with Crippen LogP contribution in [-0.2, 0) is 0 Å². The molecule has 0 heterocycles. The van der Waals surface area contributed by atoms with Crippen molar-refractivity contribution in [3.8, 4) is 0 Å². The molecule has 1 aliphatic carbocycles. The fraction of sp³-hybridized carbons (Fsp3) is 0.400. The van der Waals surface area contributed by atoms with E-state index in [0.717, 1.165) is 11.8 Å². The Balaban J connectivity index is 2.25. The molecule has 0 unspecified atom stereocenters. The lowest BCUT2D eigenvalue weighted by Crippen LogP contribution is -1.79. The minimum absolute atomic E-state index is 0.840. The van der Waals surface area contributed by atoms with Crippen molar-refractivity contribution in [1.29, 1.82) is 0 Å². The van der Waals surface area contributed by atoms with Gasteiger partial charge in [-0.25, -0.2) is 0 Å². The summed E-state index contributed by atoms with van der Waals surface area (Å²) in [4.78, 5) is 0. The molecule has 0 saturated heterocycles. The van der Waals surface area contributed by atoms with Crippen LogP contribution >= 0.6 is 15.9 Å². The first kappa shape index (κ1) is 7.35. The molecule has 58 valence electrons. The molecule has 1 aromatic carbocycles. The van der Waals surface area contributed by atoms with Crippen LogP contribution in [0.1, 0.15) is 24.8 Å². The van der Waals surface area contributed by atoms with Crippen LogP contribution in [0.25, 0.3) is 0 Å². The summed E-state index contributed by atoms with van der Waals surface area (Å²) in [5.41, 5.74) is 1.49. The third-order valence-corrected chi connectivity index (χ3v) is 2.88. The van der Waals surface area contributed by atoms with Gasteiger partial charge in [-0.3, -0.25) is 0 Å². The van der Waals surface area contributed by atoms with E-state index in [1.807, 2.05) is 0 Å². The number of rotatable bonds is 1. The van der Waals surface area contributed by atoms with Crippen molar-refractivity contribution in [3.63, 3.8) is 0 Å². The average molecular weight is 211 g/mol. The molecule has 1 aromatic rings. The van der Waals surface area contributed by atoms with Crippen LogP contribution < -0.4 is 0 Å². The van der Waals surface area contributed by atoms with Gasteiger partial charge in [0.15, 0.2) is 0 Å². The summed E-state index contributed by atoms with van der Waals surface area (Å²) in [5, 5.41) is 0. The Morgan fingerprint density at radius 3 is 2.73 bits per heavy atom. The molecule has 0 N–H and O–H groups in total. The van der Waals surface area contributed by atoms with Gasteiger partial charge < -0.3 is 0 Å². The highest BCUT2D eigenvalue weighted by Crippen LogP contribution is 2.47. The van der Waals surface area contributed by atoms with Crippen LogP contribution in [0.2, 0.25) is 0 Å². The van der Waals surface area contributed by atoms with Crippen molar-refractivity contribution in [1.82, 2.24) is 0 Å². The molecular formula is C10H11Br. The maximum atomic E-state index is 3.48. The summed E-state index contributed by atoms with van der Waals surface area (Å²) in [6, 6.07) is 8.65. The Kier molecular flexibility index (Phi) is 1.76. The standard InChI is InChI=1S/C10H11Br/c1-7-5-10(7)8-3-2-4-9(11)6-8/h2-4,6-7,10H,5H2,1H3/t7-,10-/m1/s1. The summed E-state index contributed by atoms with van der Waals surface area (Å²) >= 11 is 3.48. The molecule has 1 fully saturated rings. The largest absolute Gasteiger partial charge is 0.0619 e. The van der Waals surface area contributed by atoms with Crippen molar-refractivity contribution in [2.24, 2.45) is 5.92 Å². The summed E-state index contributed by atoms with van der Waals surface area (Å²) in [7, 11) is 0. The van der Waals surface area contributed by atoms with E-state index in [4.69, 9.17) is 0 Å². The van der Waals surface area contributed by atoms with Gasteiger partial charge in [0.05, 0.1) is 0 Å². The molecule has 11 heavy (non-hydrogen) atoms.